The second kappa shape index (κ2) is 4.99. The van der Waals surface area contributed by atoms with Crippen molar-refractivity contribution in [2.45, 2.75) is 6.92 Å². The smallest absolute Gasteiger partial charge is 0.458 e. The molecule has 0 aliphatic carbocycles. The molecule has 0 fully saturated rings. The molecule has 0 bridgehead atoms. The molecule has 0 N–H and O–H groups in total. The lowest BCUT2D eigenvalue weighted by molar-refractivity contribution is -0.137. The molecule has 10 heavy (non-hydrogen) atoms. The molecule has 0 amide bonds. The summed E-state index contributed by atoms with van der Waals surface area (Å²) in [7, 11) is 0.891. The van der Waals surface area contributed by atoms with Crippen LogP contribution in [0, 0.1) is 0 Å². The summed E-state index contributed by atoms with van der Waals surface area (Å²) < 4.78 is 4.74. The zero-order valence-electron chi connectivity index (χ0n) is 7.39. The Balaban J connectivity index is 0. The molecule has 0 aromatic carbocycles. The lowest BCUT2D eigenvalue weighted by atomic mass is 10.4. The third-order valence-corrected chi connectivity index (χ3v) is 1.95. The average molecular weight is 157 g/mol. The Labute approximate surface area is 65.5 Å². The zero-order chi connectivity index (χ0) is 7.98. The van der Waals surface area contributed by atoms with Crippen LogP contribution in [0.2, 0.25) is 0 Å². The van der Waals surface area contributed by atoms with E-state index in [9.17, 15) is 4.79 Å². The standard InChI is InChI=1S/C7H12O2Si/c1-3-4-9-7(8)6(2)5-10/h3,5H,1,4H2,2,10H3/p+1. The van der Waals surface area contributed by atoms with Gasteiger partial charge in [-0.15, -0.1) is 0 Å². The summed E-state index contributed by atoms with van der Waals surface area (Å²) in [6.07, 6.45) is 1.55. The van der Waals surface area contributed by atoms with Crippen molar-refractivity contribution < 1.29 is 11.0 Å². The number of esters is 1. The zero-order valence-corrected chi connectivity index (χ0v) is 8.39. The Bertz CT molecular complexity index is 166. The van der Waals surface area contributed by atoms with Crippen LogP contribution in [0.4, 0.5) is 0 Å². The van der Waals surface area contributed by atoms with Crippen LogP contribution in [0.25, 0.3) is 0 Å². The Morgan fingerprint density at radius 3 is 2.90 bits per heavy atom. The van der Waals surface area contributed by atoms with Crippen LogP contribution in [0.3, 0.4) is 0 Å². The number of hydrogen-bond donors (Lipinski definition) is 0. The predicted octanol–water partition coefficient (Wildman–Crippen LogP) is 0.0973. The van der Waals surface area contributed by atoms with Crippen LogP contribution in [-0.2, 0) is 9.53 Å². The third kappa shape index (κ3) is 3.24. The van der Waals surface area contributed by atoms with Crippen molar-refractivity contribution in [2.75, 3.05) is 6.61 Å². The van der Waals surface area contributed by atoms with E-state index in [1.54, 1.807) is 13.0 Å². The molecule has 0 aromatic rings. The van der Waals surface area contributed by atoms with Crippen molar-refractivity contribution in [1.82, 2.24) is 0 Å². The summed E-state index contributed by atoms with van der Waals surface area (Å²) in [4.78, 5) is 10.8. The first-order chi connectivity index (χ1) is 4.72. The van der Waals surface area contributed by atoms with Gasteiger partial charge in [0, 0.05) is 15.8 Å². The van der Waals surface area contributed by atoms with E-state index in [4.69, 9.17) is 4.74 Å². The van der Waals surface area contributed by atoms with Crippen molar-refractivity contribution in [1.29, 1.82) is 0 Å². The highest BCUT2D eigenvalue weighted by Crippen LogP contribution is 1.93. The molecule has 0 rings (SSSR count). The Morgan fingerprint density at radius 1 is 1.90 bits per heavy atom. The van der Waals surface area contributed by atoms with Gasteiger partial charge >= 0.3 is 7.40 Å². The number of rotatable bonds is 3. The molecular formula is C7H13O2Si+. The molecule has 0 radical (unpaired) electrons. The molecule has 0 spiro atoms. The van der Waals surface area contributed by atoms with Gasteiger partial charge in [0.15, 0.2) is 0 Å². The summed E-state index contributed by atoms with van der Waals surface area (Å²) in [5.41, 5.74) is 2.54. The van der Waals surface area contributed by atoms with Gasteiger partial charge in [-0.25, -0.2) is 4.79 Å². The quantitative estimate of drug-likeness (QED) is 0.251. The van der Waals surface area contributed by atoms with Crippen LogP contribution in [0.5, 0.6) is 0 Å². The van der Waals surface area contributed by atoms with Crippen LogP contribution >= 0.6 is 0 Å². The maximum Gasteiger partial charge on any atom is 1.00 e. The van der Waals surface area contributed by atoms with Crippen LogP contribution in [-0.4, -0.2) is 22.8 Å². The fourth-order valence-corrected chi connectivity index (χ4v) is 0.602. The molecule has 0 saturated heterocycles. The van der Waals surface area contributed by atoms with Gasteiger partial charge in [-0.3, -0.25) is 0 Å². The minimum absolute atomic E-state index is 0. The first-order valence-corrected chi connectivity index (χ1v) is 4.28. The molecule has 2 nitrogen and oxygen atoms in total. The molecule has 0 heterocycles. The summed E-state index contributed by atoms with van der Waals surface area (Å²) >= 11 is 0. The maximum atomic E-state index is 10.8. The molecular weight excluding hydrogens is 144 g/mol. The van der Waals surface area contributed by atoms with Gasteiger partial charge < -0.3 is 4.74 Å². The van der Waals surface area contributed by atoms with Crippen LogP contribution < -0.4 is 0 Å². The Morgan fingerprint density at radius 2 is 2.50 bits per heavy atom. The molecule has 56 valence electrons. The van der Waals surface area contributed by atoms with E-state index in [1.165, 1.54) is 0 Å². The van der Waals surface area contributed by atoms with E-state index < -0.39 is 0 Å². The van der Waals surface area contributed by atoms with Gasteiger partial charge in [-0.1, -0.05) is 18.4 Å². The molecule has 0 aliphatic rings. The van der Waals surface area contributed by atoms with Gasteiger partial charge in [0.1, 0.15) is 6.61 Å². The van der Waals surface area contributed by atoms with E-state index in [1.807, 2.05) is 5.70 Å². The monoisotopic (exact) mass is 157 g/mol. The van der Waals surface area contributed by atoms with Crippen molar-refractivity contribution >= 4 is 16.2 Å². The largest absolute Gasteiger partial charge is 1.00 e. The number of carbonyl (C=O) groups is 1. The normalized spacial score (nSPS) is 11.1. The number of ether oxygens (including phenoxy) is 1. The SMILES string of the molecule is C=CCOC(=O)C(C)=C[SiH3].[H+]. The molecule has 3 heteroatoms. The van der Waals surface area contributed by atoms with Gasteiger partial charge in [-0.05, 0) is 6.92 Å². The topological polar surface area (TPSA) is 26.3 Å². The molecule has 0 unspecified atom stereocenters. The maximum absolute atomic E-state index is 10.8. The average Bonchev–Trinajstić information content (AvgIpc) is 1.98. The van der Waals surface area contributed by atoms with E-state index in [0.29, 0.717) is 12.2 Å². The van der Waals surface area contributed by atoms with Crippen molar-refractivity contribution in [3.05, 3.63) is 23.9 Å². The van der Waals surface area contributed by atoms with Gasteiger partial charge in [0.2, 0.25) is 0 Å². The summed E-state index contributed by atoms with van der Waals surface area (Å²) in [5.74, 6) is -0.241. The van der Waals surface area contributed by atoms with Crippen LogP contribution in [0.1, 0.15) is 8.35 Å². The van der Waals surface area contributed by atoms with Crippen molar-refractivity contribution in [3.63, 3.8) is 0 Å². The lowest BCUT2D eigenvalue weighted by Crippen LogP contribution is -2.05. The molecule has 0 saturated carbocycles. The number of carbonyl (C=O) groups excluding carboxylic acids is 1. The highest BCUT2D eigenvalue weighted by molar-refractivity contribution is 6.19. The summed E-state index contributed by atoms with van der Waals surface area (Å²) in [5, 5.41) is 0. The van der Waals surface area contributed by atoms with Gasteiger partial charge in [0.25, 0.3) is 0 Å². The fraction of sp³-hybridized carbons (Fsp3) is 0.286. The first-order valence-electron chi connectivity index (χ1n) is 3.13. The second-order valence-corrected chi connectivity index (χ2v) is 2.44. The lowest BCUT2D eigenvalue weighted by Gasteiger charge is -1.99. The Kier molecular flexibility index (Phi) is 4.58. The highest BCUT2D eigenvalue weighted by Gasteiger charge is 2.00. The van der Waals surface area contributed by atoms with Gasteiger partial charge in [-0.2, -0.15) is 0 Å². The Hall–Kier alpha value is -0.833. The van der Waals surface area contributed by atoms with E-state index in [2.05, 4.69) is 6.58 Å². The van der Waals surface area contributed by atoms with Gasteiger partial charge in [0.05, 0.1) is 0 Å². The molecule has 0 aliphatic heterocycles. The first kappa shape index (κ1) is 9.17. The minimum Gasteiger partial charge on any atom is -0.458 e. The minimum atomic E-state index is -0.241. The highest BCUT2D eigenvalue weighted by atomic mass is 28.1. The van der Waals surface area contributed by atoms with E-state index >= 15 is 0 Å². The number of hydrogen-bond acceptors (Lipinski definition) is 2. The van der Waals surface area contributed by atoms with E-state index in [-0.39, 0.29) is 7.40 Å². The van der Waals surface area contributed by atoms with Crippen molar-refractivity contribution in [3.8, 4) is 0 Å². The summed E-state index contributed by atoms with van der Waals surface area (Å²) in [6.45, 7) is 5.48. The predicted molar refractivity (Wildman–Crippen MR) is 46.0 cm³/mol. The van der Waals surface area contributed by atoms with E-state index in [0.717, 1.165) is 10.2 Å². The summed E-state index contributed by atoms with van der Waals surface area (Å²) in [6, 6.07) is 0. The third-order valence-electron chi connectivity index (χ3n) is 1.09. The molecule has 0 aromatic heterocycles. The second-order valence-electron chi connectivity index (χ2n) is 1.86. The molecule has 0 atom stereocenters. The fourth-order valence-electron chi connectivity index (χ4n) is 0.366. The van der Waals surface area contributed by atoms with Crippen LogP contribution in [0.15, 0.2) is 23.9 Å². The van der Waals surface area contributed by atoms with Crippen molar-refractivity contribution in [2.24, 2.45) is 0 Å².